The Morgan fingerprint density at radius 1 is 1.22 bits per heavy atom. The number of pyridine rings is 1. The second-order valence-corrected chi connectivity index (χ2v) is 7.80. The van der Waals surface area contributed by atoms with Crippen LogP contribution in [-0.2, 0) is 7.05 Å². The lowest BCUT2D eigenvalue weighted by atomic mass is 9.99. The first-order valence-corrected chi connectivity index (χ1v) is 9.82. The molecule has 0 fully saturated rings. The van der Waals surface area contributed by atoms with Crippen LogP contribution in [0.15, 0.2) is 41.5 Å². The van der Waals surface area contributed by atoms with Crippen molar-refractivity contribution in [3.05, 3.63) is 53.6 Å². The Labute approximate surface area is 183 Å². The summed E-state index contributed by atoms with van der Waals surface area (Å²) in [4.78, 5) is 12.8. The van der Waals surface area contributed by atoms with Crippen LogP contribution < -0.4 is 5.73 Å². The summed E-state index contributed by atoms with van der Waals surface area (Å²) in [6.07, 6.45) is 2.47. The molecule has 2 N–H and O–H groups in total. The molecule has 0 saturated carbocycles. The molecule has 166 valence electrons. The fourth-order valence-electron chi connectivity index (χ4n) is 3.10. The van der Waals surface area contributed by atoms with Gasteiger partial charge in [0.2, 0.25) is 0 Å². The minimum Gasteiger partial charge on any atom is -0.404 e. The fourth-order valence-corrected chi connectivity index (χ4v) is 3.10. The molecule has 9 heteroatoms. The topological polar surface area (TPSA) is 92.9 Å². The zero-order chi connectivity index (χ0) is 23.7. The Morgan fingerprint density at radius 2 is 1.94 bits per heavy atom. The van der Waals surface area contributed by atoms with Crippen LogP contribution in [0.3, 0.4) is 0 Å². The number of rotatable bonds is 6. The number of nitrogens with two attached hydrogens (primary N) is 1. The average Bonchev–Trinajstić information content (AvgIpc) is 3.03. The van der Waals surface area contributed by atoms with Crippen molar-refractivity contribution in [1.29, 1.82) is 5.26 Å². The summed E-state index contributed by atoms with van der Waals surface area (Å²) in [6, 6.07) is 10.7. The number of nitrogens with zero attached hydrogens (tertiary/aromatic N) is 5. The lowest BCUT2D eigenvalue weighted by molar-refractivity contribution is -0.108. The predicted octanol–water partition coefficient (Wildman–Crippen LogP) is 4.57. The second kappa shape index (κ2) is 8.46. The average molecular weight is 440 g/mol. The van der Waals surface area contributed by atoms with Gasteiger partial charge >= 0.3 is 0 Å². The molecule has 0 bridgehead atoms. The van der Waals surface area contributed by atoms with Gasteiger partial charge in [-0.3, -0.25) is 4.99 Å². The maximum atomic E-state index is 14.2. The monoisotopic (exact) mass is 440 g/mol. The van der Waals surface area contributed by atoms with E-state index in [1.54, 1.807) is 6.07 Å². The van der Waals surface area contributed by atoms with E-state index >= 15 is 0 Å². The number of halogens is 3. The number of imidazole rings is 1. The first kappa shape index (κ1) is 23.0. The molecule has 0 amide bonds. The zero-order valence-corrected chi connectivity index (χ0v) is 18.2. The van der Waals surface area contributed by atoms with Crippen molar-refractivity contribution in [2.45, 2.75) is 32.4 Å². The van der Waals surface area contributed by atoms with Gasteiger partial charge in [0, 0.05) is 43.1 Å². The maximum Gasteiger partial charge on any atom is 0.280 e. The molecule has 1 atom stereocenters. The Hall–Kier alpha value is -3.67. The Morgan fingerprint density at radius 3 is 2.56 bits per heavy atom. The van der Waals surface area contributed by atoms with Crippen LogP contribution in [-0.4, -0.2) is 38.9 Å². The van der Waals surface area contributed by atoms with Gasteiger partial charge in [-0.05, 0) is 38.1 Å². The van der Waals surface area contributed by atoms with E-state index < -0.39 is 18.1 Å². The van der Waals surface area contributed by atoms with Gasteiger partial charge in [0.25, 0.3) is 5.92 Å². The number of nitriles is 1. The maximum absolute atomic E-state index is 14.2. The van der Waals surface area contributed by atoms with Crippen LogP contribution in [0.4, 0.5) is 13.2 Å². The highest BCUT2D eigenvalue weighted by molar-refractivity contribution is 6.12. The smallest absolute Gasteiger partial charge is 0.280 e. The molecule has 1 aromatic carbocycles. The predicted molar refractivity (Wildman–Crippen MR) is 119 cm³/mol. The number of alkyl halides is 3. The second-order valence-electron chi connectivity index (χ2n) is 7.80. The molecule has 0 aliphatic rings. The molecule has 2 aromatic heterocycles. The fraction of sp³-hybridized carbons (Fsp3) is 0.304. The Balaban J connectivity index is 2.06. The SMILES string of the molecule is Cc1nc2cc(-c3nc(C#N)ccc3C(C=NCC(C)(F)C(C)(F)F)=CN)ccc2n1C. The standard InChI is InChI=1S/C23H23F3N6/c1-14-30-19-9-15(5-8-20(19)32(14)4)21-18(7-6-17(11-28)31-21)16(10-27)12-29-13-22(2,24)23(3,25)26/h5-10,12H,13,27H2,1-4H3. The minimum atomic E-state index is -3.55. The number of aryl methyl sites for hydroxylation is 2. The summed E-state index contributed by atoms with van der Waals surface area (Å²) in [5, 5.41) is 9.31. The van der Waals surface area contributed by atoms with Crippen LogP contribution in [0, 0.1) is 18.3 Å². The van der Waals surface area contributed by atoms with Crippen molar-refractivity contribution in [3.63, 3.8) is 0 Å². The van der Waals surface area contributed by atoms with Crippen molar-refractivity contribution in [2.75, 3.05) is 6.54 Å². The molecule has 0 aliphatic heterocycles. The van der Waals surface area contributed by atoms with Crippen molar-refractivity contribution in [1.82, 2.24) is 14.5 Å². The molecule has 0 spiro atoms. The van der Waals surface area contributed by atoms with Crippen molar-refractivity contribution >= 4 is 22.8 Å². The van der Waals surface area contributed by atoms with E-state index in [0.29, 0.717) is 29.3 Å². The first-order chi connectivity index (χ1) is 15.0. The lowest BCUT2D eigenvalue weighted by Gasteiger charge is -2.25. The highest BCUT2D eigenvalue weighted by atomic mass is 19.3. The molecule has 0 aliphatic carbocycles. The Bertz CT molecular complexity index is 1260. The van der Waals surface area contributed by atoms with Gasteiger partial charge in [-0.2, -0.15) is 5.26 Å². The summed E-state index contributed by atoms with van der Waals surface area (Å²) < 4.78 is 43.0. The van der Waals surface area contributed by atoms with Gasteiger partial charge in [-0.15, -0.1) is 0 Å². The van der Waals surface area contributed by atoms with Crippen molar-refractivity contribution in [2.24, 2.45) is 17.8 Å². The molecule has 0 saturated heterocycles. The minimum absolute atomic E-state index is 0.191. The van der Waals surface area contributed by atoms with Crippen LogP contribution >= 0.6 is 0 Å². The van der Waals surface area contributed by atoms with Crippen LogP contribution in [0.2, 0.25) is 0 Å². The quantitative estimate of drug-likeness (QED) is 0.568. The van der Waals surface area contributed by atoms with E-state index in [2.05, 4.69) is 15.0 Å². The summed E-state index contributed by atoms with van der Waals surface area (Å²) in [5.74, 6) is -2.71. The molecular formula is C23H23F3N6. The highest BCUT2D eigenvalue weighted by Crippen LogP contribution is 2.32. The summed E-state index contributed by atoms with van der Waals surface area (Å²) in [7, 11) is 1.91. The Kier molecular flexibility index (Phi) is 6.08. The summed E-state index contributed by atoms with van der Waals surface area (Å²) in [5.41, 5.74) is 6.84. The number of benzene rings is 1. The third-order valence-electron chi connectivity index (χ3n) is 5.41. The van der Waals surface area contributed by atoms with Gasteiger partial charge in [0.15, 0.2) is 5.67 Å². The van der Waals surface area contributed by atoms with Gasteiger partial charge in [-0.25, -0.2) is 23.1 Å². The molecule has 0 radical (unpaired) electrons. The van der Waals surface area contributed by atoms with Crippen LogP contribution in [0.1, 0.15) is 30.9 Å². The molecular weight excluding hydrogens is 417 g/mol. The normalized spacial score (nSPS) is 14.6. The molecule has 6 nitrogen and oxygen atoms in total. The number of aliphatic imine (C=N–C) groups is 1. The molecule has 2 heterocycles. The first-order valence-electron chi connectivity index (χ1n) is 9.82. The summed E-state index contributed by atoms with van der Waals surface area (Å²) in [6.45, 7) is 2.46. The third kappa shape index (κ3) is 4.35. The number of aromatic nitrogens is 3. The molecule has 3 aromatic rings. The van der Waals surface area contributed by atoms with E-state index in [1.807, 2.05) is 42.8 Å². The van der Waals surface area contributed by atoms with Gasteiger partial charge in [0.05, 0.1) is 23.3 Å². The van der Waals surface area contributed by atoms with E-state index in [9.17, 15) is 18.4 Å². The molecule has 3 rings (SSSR count). The number of fused-ring (bicyclic) bond motifs is 1. The largest absolute Gasteiger partial charge is 0.404 e. The molecule has 1 unspecified atom stereocenters. The number of hydrogen-bond acceptors (Lipinski definition) is 5. The number of hydrogen-bond donors (Lipinski definition) is 1. The van der Waals surface area contributed by atoms with Gasteiger partial charge in [0.1, 0.15) is 17.6 Å². The van der Waals surface area contributed by atoms with E-state index in [0.717, 1.165) is 23.8 Å². The van der Waals surface area contributed by atoms with Crippen molar-refractivity contribution in [3.8, 4) is 17.3 Å². The van der Waals surface area contributed by atoms with Crippen LogP contribution in [0.5, 0.6) is 0 Å². The van der Waals surface area contributed by atoms with Crippen LogP contribution in [0.25, 0.3) is 27.9 Å². The zero-order valence-electron chi connectivity index (χ0n) is 18.2. The lowest BCUT2D eigenvalue weighted by Crippen LogP contribution is -2.41. The van der Waals surface area contributed by atoms with E-state index in [4.69, 9.17) is 5.73 Å². The summed E-state index contributed by atoms with van der Waals surface area (Å²) >= 11 is 0. The molecule has 32 heavy (non-hydrogen) atoms. The van der Waals surface area contributed by atoms with Gasteiger partial charge in [-0.1, -0.05) is 6.07 Å². The van der Waals surface area contributed by atoms with E-state index in [-0.39, 0.29) is 5.69 Å². The van der Waals surface area contributed by atoms with Gasteiger partial charge < -0.3 is 10.3 Å². The van der Waals surface area contributed by atoms with E-state index in [1.165, 1.54) is 18.5 Å². The van der Waals surface area contributed by atoms with Crippen molar-refractivity contribution < 1.29 is 13.2 Å². The highest BCUT2D eigenvalue weighted by Gasteiger charge is 2.46. The number of allylic oxidation sites excluding steroid dienone is 1. The third-order valence-corrected chi connectivity index (χ3v) is 5.41.